The van der Waals surface area contributed by atoms with Gasteiger partial charge in [0.25, 0.3) is 5.91 Å². The highest BCUT2D eigenvalue weighted by atomic mass is 35.5. The molecule has 0 aromatic rings. The molecule has 2 unspecified atom stereocenters. The number of esters is 1. The van der Waals surface area contributed by atoms with Crippen molar-refractivity contribution in [2.24, 2.45) is 17.2 Å². The third kappa shape index (κ3) is 28.7. The quantitative estimate of drug-likeness (QED) is 0.0138. The third-order valence-electron chi connectivity index (χ3n) is 13.6. The second kappa shape index (κ2) is 42.2. The summed E-state index contributed by atoms with van der Waals surface area (Å²) in [5, 5.41) is 92.8. The van der Waals surface area contributed by atoms with E-state index < -0.39 is 194 Å². The van der Waals surface area contributed by atoms with Crippen molar-refractivity contribution < 1.29 is 98.0 Å². The van der Waals surface area contributed by atoms with Gasteiger partial charge in [-0.05, 0) is 72.0 Å². The Labute approximate surface area is 503 Å². The Balaban J connectivity index is 3.98. The molecule has 490 valence electrons. The molecule has 0 radical (unpaired) electrons. The van der Waals surface area contributed by atoms with Crippen molar-refractivity contribution in [3.63, 3.8) is 0 Å². The van der Waals surface area contributed by atoms with Crippen molar-refractivity contribution >= 4 is 82.7 Å². The van der Waals surface area contributed by atoms with Crippen molar-refractivity contribution in [3.05, 3.63) is 11.8 Å². The number of nitrogens with two attached hydrogens (primary N) is 3. The lowest BCUT2D eigenvalue weighted by Crippen LogP contribution is -2.62. The van der Waals surface area contributed by atoms with E-state index in [1.54, 1.807) is 0 Å². The Morgan fingerprint density at radius 3 is 1.60 bits per heavy atom. The van der Waals surface area contributed by atoms with Crippen LogP contribution in [0, 0.1) is 0 Å². The van der Waals surface area contributed by atoms with E-state index in [0.717, 1.165) is 64.9 Å². The summed E-state index contributed by atoms with van der Waals surface area (Å²) in [6.07, 6.45) is -1.69. The maximum Gasteiger partial charge on any atom is 0.335 e. The number of unbranched alkanes of at least 4 members (excludes halogenated alkanes) is 10. The SMILES string of the molecule is C/C=C1/NC(=O)[C@H]([C@H](C)O)NC(=O)[C@H](CCN)NC(=O)[C@H](CCCCN)NC(=O)[C@H](CC(=O)O)NC(=O)[C@@H](CCN)NC(=O)[C@@H](NC(=O)CC(O)C(O)CCCCCCCCCCCC)COC(=O)[C@H]([C@H](O)CCl)NC(=O)[C@H]([C@H](O)C(=O)O)NC1=O. The van der Waals surface area contributed by atoms with Gasteiger partial charge in [0.2, 0.25) is 47.3 Å². The molecule has 1 heterocycles. The van der Waals surface area contributed by atoms with E-state index in [2.05, 4.69) is 44.1 Å². The van der Waals surface area contributed by atoms with Crippen LogP contribution in [0.1, 0.15) is 136 Å². The molecule has 0 saturated carbocycles. The lowest BCUT2D eigenvalue weighted by Gasteiger charge is -2.28. The van der Waals surface area contributed by atoms with E-state index in [0.29, 0.717) is 6.42 Å². The fourth-order valence-electron chi connectivity index (χ4n) is 8.58. The first-order valence-electron chi connectivity index (χ1n) is 28.8. The van der Waals surface area contributed by atoms with Crippen LogP contribution < -0.4 is 65.1 Å². The van der Waals surface area contributed by atoms with Gasteiger partial charge in [0, 0.05) is 0 Å². The molecule has 0 aliphatic carbocycles. The van der Waals surface area contributed by atoms with Gasteiger partial charge in [-0.2, -0.15) is 0 Å². The van der Waals surface area contributed by atoms with Gasteiger partial charge in [0.05, 0.1) is 43.1 Å². The number of hydrogen-bond acceptors (Lipinski definition) is 21. The van der Waals surface area contributed by atoms with Gasteiger partial charge >= 0.3 is 17.9 Å². The van der Waals surface area contributed by atoms with Crippen LogP contribution in [0.4, 0.5) is 0 Å². The smallest absolute Gasteiger partial charge is 0.335 e. The predicted molar refractivity (Wildman–Crippen MR) is 306 cm³/mol. The van der Waals surface area contributed by atoms with E-state index in [-0.39, 0.29) is 45.2 Å². The molecule has 32 nitrogen and oxygen atoms in total. The number of aliphatic hydroxyl groups is 5. The summed E-state index contributed by atoms with van der Waals surface area (Å²) in [5.41, 5.74) is 16.4. The molecule has 0 bridgehead atoms. The maximum atomic E-state index is 14.2. The zero-order chi connectivity index (χ0) is 65.1. The average molecular weight is 1250 g/mol. The fourth-order valence-corrected chi connectivity index (χ4v) is 8.76. The highest BCUT2D eigenvalue weighted by Crippen LogP contribution is 2.15. The minimum atomic E-state index is -2.85. The van der Waals surface area contributed by atoms with Crippen LogP contribution in [-0.4, -0.2) is 218 Å². The largest absolute Gasteiger partial charge is 0.481 e. The molecular formula is C53H91ClN12O20. The summed E-state index contributed by atoms with van der Waals surface area (Å²) in [5.74, 6) is -18.2. The molecule has 22 N–H and O–H groups in total. The summed E-state index contributed by atoms with van der Waals surface area (Å²) in [6, 6.07) is -16.1. The highest BCUT2D eigenvalue weighted by molar-refractivity contribution is 6.18. The summed E-state index contributed by atoms with van der Waals surface area (Å²) >= 11 is 5.85. The number of hydrogen-bond donors (Lipinski definition) is 19. The number of ether oxygens (including phenoxy) is 1. The number of rotatable bonds is 30. The number of halogens is 1. The standard InChI is InChI=1S/C53H91ClN12O20/c1-4-6-7-8-9-10-11-12-13-14-18-35(68)36(69)25-38(71)58-34-27-86-53(85)41(37(70)26-54)65-51(82)42(43(74)52(83)84)66-44(75)29(5-2)59-50(81)40(28(3)67)64-47(78)32(20-23-57)61-45(76)30(17-15-16-21-55)60-48(79)33(24-39(72)73)63-46(77)31(19-22-56)62-49(34)80/h5,28,30-37,40-43,67-70,74H,4,6-27,55-57H2,1-3H3,(H,58,71)(H,59,81)(H,60,79)(H,61,76)(H,62,80)(H,63,77)(H,64,78)(H,65,82)(H,66,75)(H,72,73)(H,83,84)/b29-5+/t28-,30-,31+,32-,33-,34-,35?,36?,37+,40-,41-,42-,43-/m0/s1. The number of alkyl halides is 1. The van der Waals surface area contributed by atoms with Crippen molar-refractivity contribution in [3.8, 4) is 0 Å². The number of carboxylic acid groups (broad SMARTS) is 2. The minimum absolute atomic E-state index is 0.0842. The molecule has 1 fully saturated rings. The van der Waals surface area contributed by atoms with Gasteiger partial charge in [-0.15, -0.1) is 11.6 Å². The lowest BCUT2D eigenvalue weighted by atomic mass is 10.0. The van der Waals surface area contributed by atoms with Crippen LogP contribution >= 0.6 is 11.6 Å². The van der Waals surface area contributed by atoms with Crippen molar-refractivity contribution in [1.29, 1.82) is 0 Å². The first kappa shape index (κ1) is 77.4. The zero-order valence-electron chi connectivity index (χ0n) is 48.9. The number of allylic oxidation sites excluding steroid dienone is 1. The molecule has 0 aromatic heterocycles. The summed E-state index contributed by atoms with van der Waals surface area (Å²) in [6.45, 7) is 2.50. The molecule has 86 heavy (non-hydrogen) atoms. The van der Waals surface area contributed by atoms with Crippen LogP contribution in [-0.2, 0) is 62.3 Å². The van der Waals surface area contributed by atoms with Gasteiger partial charge in [0.1, 0.15) is 54.6 Å². The topological polar surface area (TPSA) is 542 Å². The third-order valence-corrected chi connectivity index (χ3v) is 13.9. The van der Waals surface area contributed by atoms with Gasteiger partial charge in [-0.25, -0.2) is 9.59 Å². The molecule has 1 aliphatic rings. The fraction of sp³-hybridized carbons (Fsp3) is 0.736. The zero-order valence-corrected chi connectivity index (χ0v) is 49.7. The lowest BCUT2D eigenvalue weighted by molar-refractivity contribution is -0.155. The first-order chi connectivity index (χ1) is 40.7. The van der Waals surface area contributed by atoms with Crippen molar-refractivity contribution in [1.82, 2.24) is 47.9 Å². The first-order valence-corrected chi connectivity index (χ1v) is 29.3. The number of aliphatic carboxylic acids is 2. The van der Waals surface area contributed by atoms with Gasteiger partial charge in [0.15, 0.2) is 12.1 Å². The summed E-state index contributed by atoms with van der Waals surface area (Å²) in [4.78, 5) is 163. The van der Waals surface area contributed by atoms with E-state index in [1.165, 1.54) is 12.8 Å². The highest BCUT2D eigenvalue weighted by Gasteiger charge is 2.41. The number of aliphatic hydroxyl groups excluding tert-OH is 5. The van der Waals surface area contributed by atoms with E-state index in [9.17, 15) is 93.3 Å². The summed E-state index contributed by atoms with van der Waals surface area (Å²) < 4.78 is 5.26. The second-order valence-corrected chi connectivity index (χ2v) is 21.0. The molecule has 0 aromatic carbocycles. The number of cyclic esters (lactones) is 1. The molecular weight excluding hydrogens is 1160 g/mol. The molecule has 33 heteroatoms. The number of carbonyl (C=O) groups is 12. The minimum Gasteiger partial charge on any atom is -0.481 e. The number of amides is 9. The van der Waals surface area contributed by atoms with Crippen LogP contribution in [0.15, 0.2) is 11.8 Å². The predicted octanol–water partition coefficient (Wildman–Crippen LogP) is -5.41. The second-order valence-electron chi connectivity index (χ2n) is 20.7. The molecule has 13 atom stereocenters. The van der Waals surface area contributed by atoms with Crippen molar-refractivity contribution in [2.75, 3.05) is 32.1 Å². The number of carbonyl (C=O) groups excluding carboxylic acids is 10. The normalized spacial score (nSPS) is 24.5. The number of carboxylic acids is 2. The molecule has 9 amide bonds. The molecule has 0 spiro atoms. The molecule has 1 rings (SSSR count). The molecule has 1 aliphatic heterocycles. The number of nitrogens with one attached hydrogen (secondary N) is 9. The van der Waals surface area contributed by atoms with Crippen LogP contribution in [0.5, 0.6) is 0 Å². The molecule has 1 saturated heterocycles. The van der Waals surface area contributed by atoms with E-state index in [4.69, 9.17) is 33.5 Å². The Bertz CT molecular complexity index is 2270. The van der Waals surface area contributed by atoms with E-state index in [1.807, 2.05) is 10.6 Å². The Kier molecular flexibility index (Phi) is 38.0. The van der Waals surface area contributed by atoms with Crippen molar-refractivity contribution in [2.45, 2.75) is 215 Å². The van der Waals surface area contributed by atoms with Gasteiger partial charge in [-0.3, -0.25) is 47.9 Å². The Morgan fingerprint density at radius 2 is 1.10 bits per heavy atom. The van der Waals surface area contributed by atoms with Gasteiger partial charge < -0.3 is 106 Å². The Morgan fingerprint density at radius 1 is 0.605 bits per heavy atom. The summed E-state index contributed by atoms with van der Waals surface area (Å²) in [7, 11) is 0. The monoisotopic (exact) mass is 1250 g/mol. The van der Waals surface area contributed by atoms with Gasteiger partial charge in [-0.1, -0.05) is 77.2 Å². The van der Waals surface area contributed by atoms with Crippen LogP contribution in [0.25, 0.3) is 0 Å². The van der Waals surface area contributed by atoms with E-state index >= 15 is 0 Å². The van der Waals surface area contributed by atoms with Crippen LogP contribution in [0.2, 0.25) is 0 Å². The maximum absolute atomic E-state index is 14.2. The average Bonchev–Trinajstić information content (AvgIpc) is 3.36. The van der Waals surface area contributed by atoms with Crippen LogP contribution in [0.3, 0.4) is 0 Å². The Hall–Kier alpha value is -6.65.